The van der Waals surface area contributed by atoms with E-state index in [4.69, 9.17) is 5.26 Å². The van der Waals surface area contributed by atoms with E-state index in [9.17, 15) is 0 Å². The van der Waals surface area contributed by atoms with Crippen molar-refractivity contribution in [1.29, 1.82) is 5.26 Å². The number of allylic oxidation sites excluding steroid dienone is 2. The van der Waals surface area contributed by atoms with Gasteiger partial charge in [0.25, 0.3) is 0 Å². The zero-order valence-corrected chi connectivity index (χ0v) is 7.33. The number of aliphatic imine (C=N–C) groups is 1. The van der Waals surface area contributed by atoms with Crippen molar-refractivity contribution in [1.82, 2.24) is 0 Å². The Bertz CT molecular complexity index is 194. The van der Waals surface area contributed by atoms with E-state index in [1.807, 2.05) is 26.0 Å². The van der Waals surface area contributed by atoms with Crippen molar-refractivity contribution in [3.05, 3.63) is 12.2 Å². The van der Waals surface area contributed by atoms with Gasteiger partial charge in [-0.2, -0.15) is 10.3 Å². The van der Waals surface area contributed by atoms with E-state index in [0.29, 0.717) is 5.92 Å². The second kappa shape index (κ2) is 5.67. The zero-order valence-electron chi connectivity index (χ0n) is 7.33. The SMILES string of the molecule is CC/C=C\C(=NC#N)C(C)C. The van der Waals surface area contributed by atoms with Gasteiger partial charge in [-0.3, -0.25) is 0 Å². The van der Waals surface area contributed by atoms with Gasteiger partial charge in [-0.25, -0.2) is 0 Å². The van der Waals surface area contributed by atoms with E-state index in [1.54, 1.807) is 6.19 Å². The molecule has 2 nitrogen and oxygen atoms in total. The average molecular weight is 150 g/mol. The zero-order chi connectivity index (χ0) is 8.69. The van der Waals surface area contributed by atoms with Gasteiger partial charge in [-0.1, -0.05) is 26.8 Å². The Balaban J connectivity index is 4.26. The van der Waals surface area contributed by atoms with Crippen molar-refractivity contribution in [2.75, 3.05) is 0 Å². The highest BCUT2D eigenvalue weighted by Gasteiger charge is 1.98. The third-order valence-electron chi connectivity index (χ3n) is 1.29. The Kier molecular flexibility index (Phi) is 5.10. The first-order valence-corrected chi connectivity index (χ1v) is 3.85. The van der Waals surface area contributed by atoms with Crippen molar-refractivity contribution < 1.29 is 0 Å². The molecule has 0 unspecified atom stereocenters. The van der Waals surface area contributed by atoms with E-state index >= 15 is 0 Å². The first-order chi connectivity index (χ1) is 5.22. The molecule has 0 heterocycles. The van der Waals surface area contributed by atoms with Gasteiger partial charge in [0.1, 0.15) is 0 Å². The van der Waals surface area contributed by atoms with Crippen LogP contribution in [0.4, 0.5) is 0 Å². The summed E-state index contributed by atoms with van der Waals surface area (Å²) in [7, 11) is 0. The molecule has 0 atom stereocenters. The summed E-state index contributed by atoms with van der Waals surface area (Å²) in [6, 6.07) is 0. The van der Waals surface area contributed by atoms with Crippen molar-refractivity contribution in [2.45, 2.75) is 27.2 Å². The van der Waals surface area contributed by atoms with E-state index < -0.39 is 0 Å². The number of nitrogens with zero attached hydrogens (tertiary/aromatic N) is 2. The number of hydrogen-bond donors (Lipinski definition) is 0. The summed E-state index contributed by atoms with van der Waals surface area (Å²) < 4.78 is 0. The molecule has 0 aliphatic carbocycles. The third-order valence-corrected chi connectivity index (χ3v) is 1.29. The lowest BCUT2D eigenvalue weighted by molar-refractivity contribution is 0.888. The lowest BCUT2D eigenvalue weighted by atomic mass is 10.1. The fourth-order valence-electron chi connectivity index (χ4n) is 0.655. The molecule has 0 spiro atoms. The van der Waals surface area contributed by atoms with E-state index in [-0.39, 0.29) is 0 Å². The van der Waals surface area contributed by atoms with Crippen molar-refractivity contribution in [3.63, 3.8) is 0 Å². The van der Waals surface area contributed by atoms with Crippen LogP contribution in [-0.2, 0) is 0 Å². The van der Waals surface area contributed by atoms with E-state index in [2.05, 4.69) is 11.9 Å². The van der Waals surface area contributed by atoms with Gasteiger partial charge in [-0.05, 0) is 18.4 Å². The van der Waals surface area contributed by atoms with Gasteiger partial charge in [0, 0.05) is 0 Å². The minimum Gasteiger partial charge on any atom is -0.178 e. The summed E-state index contributed by atoms with van der Waals surface area (Å²) in [6.45, 7) is 6.10. The molecular weight excluding hydrogens is 136 g/mol. The van der Waals surface area contributed by atoms with Crippen LogP contribution in [0.3, 0.4) is 0 Å². The maximum atomic E-state index is 8.31. The summed E-state index contributed by atoms with van der Waals surface area (Å²) in [5, 5.41) is 8.31. The molecule has 0 aliphatic heterocycles. The Hall–Kier alpha value is -1.10. The Morgan fingerprint density at radius 2 is 2.27 bits per heavy atom. The quantitative estimate of drug-likeness (QED) is 0.450. The molecule has 0 N–H and O–H groups in total. The van der Waals surface area contributed by atoms with E-state index in [0.717, 1.165) is 12.1 Å². The van der Waals surface area contributed by atoms with Crippen LogP contribution in [0.15, 0.2) is 17.1 Å². The number of hydrogen-bond acceptors (Lipinski definition) is 2. The maximum Gasteiger partial charge on any atom is 0.205 e. The first-order valence-electron chi connectivity index (χ1n) is 3.85. The van der Waals surface area contributed by atoms with Gasteiger partial charge >= 0.3 is 0 Å². The highest BCUT2D eigenvalue weighted by Crippen LogP contribution is 1.99. The van der Waals surface area contributed by atoms with Crippen LogP contribution in [-0.4, -0.2) is 5.71 Å². The maximum absolute atomic E-state index is 8.31. The fraction of sp³-hybridized carbons (Fsp3) is 0.556. The number of nitriles is 1. The number of rotatable bonds is 3. The van der Waals surface area contributed by atoms with Gasteiger partial charge in [0.2, 0.25) is 6.19 Å². The van der Waals surface area contributed by atoms with Crippen molar-refractivity contribution in [3.8, 4) is 6.19 Å². The van der Waals surface area contributed by atoms with Crippen molar-refractivity contribution >= 4 is 5.71 Å². The summed E-state index contributed by atoms with van der Waals surface area (Å²) in [5.74, 6) is 0.331. The molecule has 0 bridgehead atoms. The Morgan fingerprint density at radius 3 is 2.64 bits per heavy atom. The lowest BCUT2D eigenvalue weighted by Gasteiger charge is -2.00. The van der Waals surface area contributed by atoms with Crippen LogP contribution in [0.2, 0.25) is 0 Å². The van der Waals surface area contributed by atoms with Crippen LogP contribution in [0.5, 0.6) is 0 Å². The Morgan fingerprint density at radius 1 is 1.64 bits per heavy atom. The van der Waals surface area contributed by atoms with Gasteiger partial charge < -0.3 is 0 Å². The third kappa shape index (κ3) is 4.32. The second-order valence-corrected chi connectivity index (χ2v) is 2.60. The molecular formula is C9H14N2. The molecule has 0 amide bonds. The normalized spacial score (nSPS) is 12.5. The van der Waals surface area contributed by atoms with Gasteiger partial charge in [-0.15, -0.1) is 0 Å². The monoisotopic (exact) mass is 150 g/mol. The molecule has 0 aromatic carbocycles. The molecule has 0 saturated carbocycles. The smallest absolute Gasteiger partial charge is 0.178 e. The van der Waals surface area contributed by atoms with Crippen LogP contribution in [0, 0.1) is 17.4 Å². The van der Waals surface area contributed by atoms with Crippen LogP contribution in [0.25, 0.3) is 0 Å². The standard InChI is InChI=1S/C9H14N2/c1-4-5-6-9(8(2)3)11-7-10/h5-6,8H,4H2,1-3H3/b6-5-,11-9?. The van der Waals surface area contributed by atoms with E-state index in [1.165, 1.54) is 0 Å². The molecule has 0 saturated heterocycles. The summed E-state index contributed by atoms with van der Waals surface area (Å²) in [4.78, 5) is 3.70. The average Bonchev–Trinajstić information content (AvgIpc) is 1.97. The molecule has 11 heavy (non-hydrogen) atoms. The summed E-state index contributed by atoms with van der Waals surface area (Å²) in [6.07, 6.45) is 6.70. The van der Waals surface area contributed by atoms with Crippen molar-refractivity contribution in [2.24, 2.45) is 10.9 Å². The minimum atomic E-state index is 0.331. The van der Waals surface area contributed by atoms with Crippen LogP contribution >= 0.6 is 0 Å². The lowest BCUT2D eigenvalue weighted by Crippen LogP contribution is -2.02. The molecule has 0 rings (SSSR count). The largest absolute Gasteiger partial charge is 0.205 e. The minimum absolute atomic E-state index is 0.331. The highest BCUT2D eigenvalue weighted by atomic mass is 14.7. The molecule has 0 fully saturated rings. The molecule has 2 heteroatoms. The Labute approximate surface area is 68.3 Å². The molecule has 0 aromatic heterocycles. The topological polar surface area (TPSA) is 36.1 Å². The predicted molar refractivity (Wildman–Crippen MR) is 47.3 cm³/mol. The first kappa shape index (κ1) is 9.90. The van der Waals surface area contributed by atoms with Crippen LogP contribution in [0.1, 0.15) is 27.2 Å². The summed E-state index contributed by atoms with van der Waals surface area (Å²) in [5.41, 5.74) is 0.856. The molecule has 0 radical (unpaired) electrons. The molecule has 0 aliphatic rings. The predicted octanol–water partition coefficient (Wildman–Crippen LogP) is 2.53. The van der Waals surface area contributed by atoms with Crippen LogP contribution < -0.4 is 0 Å². The second-order valence-electron chi connectivity index (χ2n) is 2.60. The van der Waals surface area contributed by atoms with Gasteiger partial charge in [0.15, 0.2) is 0 Å². The summed E-state index contributed by atoms with van der Waals surface area (Å²) >= 11 is 0. The fourth-order valence-corrected chi connectivity index (χ4v) is 0.655. The highest BCUT2D eigenvalue weighted by molar-refractivity contribution is 5.96. The van der Waals surface area contributed by atoms with Gasteiger partial charge in [0.05, 0.1) is 5.71 Å². The molecule has 0 aromatic rings. The molecule has 60 valence electrons.